The molecule has 1 aromatic carbocycles. The summed E-state index contributed by atoms with van der Waals surface area (Å²) in [6.07, 6.45) is 11.0. The summed E-state index contributed by atoms with van der Waals surface area (Å²) in [7, 11) is 0. The Balaban J connectivity index is 2.67. The molecule has 0 aliphatic rings. The molecule has 0 aliphatic heterocycles. The maximum absolute atomic E-state index is 3.97. The monoisotopic (exact) mass is 240 g/mol. The Bertz CT molecular complexity index is 419. The average Bonchev–Trinajstić information content (AvgIpc) is 2.37. The van der Waals surface area contributed by atoms with E-state index in [2.05, 4.69) is 69.8 Å². The third-order valence-corrected chi connectivity index (χ3v) is 3.16. The van der Waals surface area contributed by atoms with Gasteiger partial charge in [0.15, 0.2) is 0 Å². The van der Waals surface area contributed by atoms with Crippen LogP contribution in [0.4, 0.5) is 0 Å². The summed E-state index contributed by atoms with van der Waals surface area (Å²) < 4.78 is 0. The molecule has 0 amide bonds. The summed E-state index contributed by atoms with van der Waals surface area (Å²) in [4.78, 5) is 0. The summed E-state index contributed by atoms with van der Waals surface area (Å²) in [5.41, 5.74) is 2.70. The van der Waals surface area contributed by atoms with Gasteiger partial charge >= 0.3 is 0 Å². The van der Waals surface area contributed by atoms with E-state index in [0.717, 1.165) is 12.8 Å². The molecule has 0 aromatic heterocycles. The van der Waals surface area contributed by atoms with Gasteiger partial charge in [-0.15, -0.1) is 6.58 Å². The fraction of sp³-hybridized carbons (Fsp3) is 0.333. The lowest BCUT2D eigenvalue weighted by Gasteiger charge is -2.20. The Morgan fingerprint density at radius 2 is 1.89 bits per heavy atom. The van der Waals surface area contributed by atoms with Gasteiger partial charge in [-0.2, -0.15) is 0 Å². The Labute approximate surface area is 112 Å². The van der Waals surface area contributed by atoms with Gasteiger partial charge in [0.2, 0.25) is 0 Å². The lowest BCUT2D eigenvalue weighted by atomic mass is 9.84. The topological polar surface area (TPSA) is 0 Å². The minimum Gasteiger partial charge on any atom is -0.102 e. The van der Waals surface area contributed by atoms with E-state index < -0.39 is 0 Å². The van der Waals surface area contributed by atoms with Crippen LogP contribution in [0.25, 0.3) is 6.08 Å². The summed E-state index contributed by atoms with van der Waals surface area (Å²) in [5.74, 6) is 0. The van der Waals surface area contributed by atoms with Crippen molar-refractivity contribution in [1.82, 2.24) is 0 Å². The molecular formula is C18H24. The maximum atomic E-state index is 3.97. The first-order valence-electron chi connectivity index (χ1n) is 6.57. The first-order chi connectivity index (χ1) is 8.56. The Kier molecular flexibility index (Phi) is 5.64. The fourth-order valence-corrected chi connectivity index (χ4v) is 1.78. The second-order valence-electron chi connectivity index (χ2n) is 5.27. The molecular weight excluding hydrogens is 216 g/mol. The number of hydrogen-bond acceptors (Lipinski definition) is 0. The fourth-order valence-electron chi connectivity index (χ4n) is 1.78. The van der Waals surface area contributed by atoms with Gasteiger partial charge in [0.25, 0.3) is 0 Å². The summed E-state index contributed by atoms with van der Waals surface area (Å²) in [6, 6.07) is 10.4. The van der Waals surface area contributed by atoms with Gasteiger partial charge in [-0.1, -0.05) is 67.1 Å². The molecule has 0 heteroatoms. The minimum atomic E-state index is 0.0712. The van der Waals surface area contributed by atoms with E-state index in [9.17, 15) is 0 Å². The molecule has 18 heavy (non-hydrogen) atoms. The normalized spacial score (nSPS) is 14.2. The van der Waals surface area contributed by atoms with Crippen LogP contribution in [0.15, 0.2) is 60.7 Å². The van der Waals surface area contributed by atoms with E-state index in [1.807, 2.05) is 12.1 Å². The molecule has 0 radical (unpaired) electrons. The Morgan fingerprint density at radius 3 is 2.44 bits per heavy atom. The van der Waals surface area contributed by atoms with Crippen molar-refractivity contribution < 1.29 is 0 Å². The van der Waals surface area contributed by atoms with Crippen LogP contribution in [0.5, 0.6) is 0 Å². The highest BCUT2D eigenvalue weighted by atomic mass is 14.2. The van der Waals surface area contributed by atoms with Crippen molar-refractivity contribution in [2.24, 2.45) is 5.41 Å². The quantitative estimate of drug-likeness (QED) is 0.564. The average molecular weight is 240 g/mol. The van der Waals surface area contributed by atoms with Crippen molar-refractivity contribution in [3.8, 4) is 0 Å². The molecule has 1 aromatic rings. The zero-order valence-electron chi connectivity index (χ0n) is 11.8. The summed E-state index contributed by atoms with van der Waals surface area (Å²) >= 11 is 0. The molecule has 1 atom stereocenters. The second-order valence-corrected chi connectivity index (χ2v) is 5.27. The molecule has 0 saturated heterocycles. The summed E-state index contributed by atoms with van der Waals surface area (Å²) in [6.45, 7) is 10.5. The van der Waals surface area contributed by atoms with Crippen LogP contribution in [0, 0.1) is 5.41 Å². The van der Waals surface area contributed by atoms with E-state index in [-0.39, 0.29) is 5.41 Å². The van der Waals surface area contributed by atoms with Gasteiger partial charge in [0.1, 0.15) is 0 Å². The molecule has 1 rings (SSSR count). The SMILES string of the molecule is C=C[C@@](C)(/C=C/c1ccccc1)CCC=C(C)C. The van der Waals surface area contributed by atoms with Gasteiger partial charge in [-0.05, 0) is 32.3 Å². The van der Waals surface area contributed by atoms with Crippen molar-refractivity contribution in [3.05, 3.63) is 66.3 Å². The second kappa shape index (κ2) is 7.00. The van der Waals surface area contributed by atoms with E-state index in [4.69, 9.17) is 0 Å². The van der Waals surface area contributed by atoms with Crippen molar-refractivity contribution in [1.29, 1.82) is 0 Å². The molecule has 0 fully saturated rings. The largest absolute Gasteiger partial charge is 0.102 e. The molecule has 0 heterocycles. The number of hydrogen-bond donors (Lipinski definition) is 0. The van der Waals surface area contributed by atoms with E-state index in [0.29, 0.717) is 0 Å². The third kappa shape index (κ3) is 5.18. The lowest BCUT2D eigenvalue weighted by molar-refractivity contribution is 0.508. The van der Waals surface area contributed by atoms with E-state index in [1.165, 1.54) is 11.1 Å². The van der Waals surface area contributed by atoms with Gasteiger partial charge in [0.05, 0.1) is 0 Å². The Morgan fingerprint density at radius 1 is 1.22 bits per heavy atom. The van der Waals surface area contributed by atoms with Crippen molar-refractivity contribution >= 4 is 6.08 Å². The first-order valence-corrected chi connectivity index (χ1v) is 6.57. The number of rotatable bonds is 6. The van der Waals surface area contributed by atoms with Gasteiger partial charge in [-0.3, -0.25) is 0 Å². The van der Waals surface area contributed by atoms with Crippen molar-refractivity contribution in [2.75, 3.05) is 0 Å². The molecule has 0 nitrogen and oxygen atoms in total. The van der Waals surface area contributed by atoms with Gasteiger partial charge in [0, 0.05) is 5.41 Å². The molecule has 0 N–H and O–H groups in total. The molecule has 0 spiro atoms. The van der Waals surface area contributed by atoms with Gasteiger partial charge < -0.3 is 0 Å². The van der Waals surface area contributed by atoms with Crippen molar-refractivity contribution in [3.63, 3.8) is 0 Å². The summed E-state index contributed by atoms with van der Waals surface area (Å²) in [5, 5.41) is 0. The van der Waals surface area contributed by atoms with Crippen LogP contribution in [0.1, 0.15) is 39.2 Å². The predicted octanol–water partition coefficient (Wildman–Crippen LogP) is 5.64. The standard InChI is InChI=1S/C18H24/c1-5-18(4,14-9-10-16(2)3)15-13-17-11-7-6-8-12-17/h5-8,10-13,15H,1,9,14H2,2-4H3/b15-13+/t18-/m1/s1. The highest BCUT2D eigenvalue weighted by Crippen LogP contribution is 2.28. The minimum absolute atomic E-state index is 0.0712. The predicted molar refractivity (Wildman–Crippen MR) is 82.4 cm³/mol. The maximum Gasteiger partial charge on any atom is 0.00363 e. The lowest BCUT2D eigenvalue weighted by Crippen LogP contribution is -2.08. The van der Waals surface area contributed by atoms with Crippen LogP contribution in [0.3, 0.4) is 0 Å². The van der Waals surface area contributed by atoms with Crippen LogP contribution in [-0.2, 0) is 0 Å². The highest BCUT2D eigenvalue weighted by molar-refractivity contribution is 5.50. The highest BCUT2D eigenvalue weighted by Gasteiger charge is 2.14. The Hall–Kier alpha value is -1.56. The van der Waals surface area contributed by atoms with Crippen LogP contribution in [-0.4, -0.2) is 0 Å². The number of benzene rings is 1. The van der Waals surface area contributed by atoms with Crippen LogP contribution in [0.2, 0.25) is 0 Å². The third-order valence-electron chi connectivity index (χ3n) is 3.16. The van der Waals surface area contributed by atoms with Crippen LogP contribution < -0.4 is 0 Å². The molecule has 0 aliphatic carbocycles. The molecule has 0 saturated carbocycles. The van der Waals surface area contributed by atoms with E-state index >= 15 is 0 Å². The molecule has 96 valence electrons. The van der Waals surface area contributed by atoms with Crippen molar-refractivity contribution in [2.45, 2.75) is 33.6 Å². The zero-order valence-corrected chi connectivity index (χ0v) is 11.8. The van der Waals surface area contributed by atoms with Crippen LogP contribution >= 0.6 is 0 Å². The number of allylic oxidation sites excluding steroid dienone is 4. The molecule has 0 unspecified atom stereocenters. The zero-order chi connectivity index (χ0) is 13.4. The first kappa shape index (κ1) is 14.5. The van der Waals surface area contributed by atoms with Gasteiger partial charge in [-0.25, -0.2) is 0 Å². The molecule has 0 bridgehead atoms. The van der Waals surface area contributed by atoms with E-state index in [1.54, 1.807) is 0 Å². The smallest absolute Gasteiger partial charge is 0.00363 e.